The van der Waals surface area contributed by atoms with Crippen LogP contribution >= 0.6 is 11.6 Å². The Hall–Kier alpha value is -2.02. The molecule has 23 heavy (non-hydrogen) atoms. The number of nitrogens with zero attached hydrogens (tertiary/aromatic N) is 2. The van der Waals surface area contributed by atoms with Crippen molar-refractivity contribution in [2.45, 2.75) is 26.9 Å². The number of aromatic nitrogens is 2. The molecule has 2 aromatic rings. The van der Waals surface area contributed by atoms with Crippen LogP contribution in [-0.4, -0.2) is 9.13 Å². The largest absolute Gasteiger partial charge is 0.416 e. The van der Waals surface area contributed by atoms with Crippen molar-refractivity contribution in [3.8, 4) is 5.69 Å². The molecule has 0 saturated heterocycles. The molecule has 0 fully saturated rings. The van der Waals surface area contributed by atoms with Crippen LogP contribution in [0.25, 0.3) is 5.69 Å². The summed E-state index contributed by atoms with van der Waals surface area (Å²) in [5.41, 5.74) is -1.03. The average molecular weight is 347 g/mol. The summed E-state index contributed by atoms with van der Waals surface area (Å²) in [6, 6.07) is 1.70. The minimum atomic E-state index is -4.54. The zero-order chi connectivity index (χ0) is 17.7. The minimum Gasteiger partial charge on any atom is -0.269 e. The summed E-state index contributed by atoms with van der Waals surface area (Å²) in [5, 5.41) is -0.208. The first kappa shape index (κ1) is 17.3. The van der Waals surface area contributed by atoms with Crippen LogP contribution in [0.5, 0.6) is 0 Å². The number of aryl methyl sites for hydroxylation is 1. The zero-order valence-electron chi connectivity index (χ0n) is 12.9. The Balaban J connectivity index is 2.90. The minimum absolute atomic E-state index is 0.140. The smallest absolute Gasteiger partial charge is 0.269 e. The Bertz CT molecular complexity index is 888. The van der Waals surface area contributed by atoms with Crippen LogP contribution in [0.1, 0.15) is 22.4 Å². The quantitative estimate of drug-likeness (QED) is 0.796. The van der Waals surface area contributed by atoms with Gasteiger partial charge in [-0.1, -0.05) is 11.6 Å². The van der Waals surface area contributed by atoms with Gasteiger partial charge in [0.25, 0.3) is 5.56 Å². The van der Waals surface area contributed by atoms with Gasteiger partial charge in [0.2, 0.25) is 0 Å². The molecule has 0 radical (unpaired) electrons. The Morgan fingerprint density at radius 2 is 1.65 bits per heavy atom. The molecule has 0 amide bonds. The molecular formula is C15H14ClF3N2O2. The monoisotopic (exact) mass is 346 g/mol. The van der Waals surface area contributed by atoms with E-state index in [1.165, 1.54) is 14.0 Å². The van der Waals surface area contributed by atoms with Crippen molar-refractivity contribution in [3.63, 3.8) is 0 Å². The number of rotatable bonds is 1. The number of hydrogen-bond donors (Lipinski definition) is 0. The third-order valence-electron chi connectivity index (χ3n) is 3.79. The van der Waals surface area contributed by atoms with Crippen LogP contribution in [0.15, 0.2) is 21.7 Å². The molecule has 0 unspecified atom stereocenters. The summed E-state index contributed by atoms with van der Waals surface area (Å²) in [6.07, 6.45) is -4.54. The van der Waals surface area contributed by atoms with Crippen LogP contribution in [0.3, 0.4) is 0 Å². The van der Waals surface area contributed by atoms with Gasteiger partial charge in [-0.25, -0.2) is 4.79 Å². The zero-order valence-corrected chi connectivity index (χ0v) is 13.6. The van der Waals surface area contributed by atoms with Crippen LogP contribution in [0.4, 0.5) is 13.2 Å². The van der Waals surface area contributed by atoms with Crippen molar-refractivity contribution in [3.05, 3.63) is 60.4 Å². The fourth-order valence-electron chi connectivity index (χ4n) is 2.40. The molecule has 0 aliphatic heterocycles. The highest BCUT2D eigenvalue weighted by molar-refractivity contribution is 6.32. The van der Waals surface area contributed by atoms with Gasteiger partial charge < -0.3 is 0 Å². The highest BCUT2D eigenvalue weighted by Gasteiger charge is 2.32. The second kappa shape index (κ2) is 5.56. The van der Waals surface area contributed by atoms with Crippen LogP contribution in [0, 0.1) is 20.8 Å². The van der Waals surface area contributed by atoms with Crippen LogP contribution in [-0.2, 0) is 13.2 Å². The lowest BCUT2D eigenvalue weighted by Gasteiger charge is -2.18. The molecule has 0 spiro atoms. The molecule has 0 N–H and O–H groups in total. The summed E-state index contributed by atoms with van der Waals surface area (Å²) in [5.74, 6) is 0. The first-order valence-corrected chi connectivity index (χ1v) is 7.01. The van der Waals surface area contributed by atoms with Gasteiger partial charge in [-0.15, -0.1) is 0 Å². The SMILES string of the molecule is Cc1cc(C(F)(F)F)cc(Cl)c1-n1c(C)c(C)c(=O)n(C)c1=O. The van der Waals surface area contributed by atoms with Crippen molar-refractivity contribution in [1.82, 2.24) is 9.13 Å². The molecule has 0 saturated carbocycles. The van der Waals surface area contributed by atoms with E-state index in [1.54, 1.807) is 13.8 Å². The first-order valence-electron chi connectivity index (χ1n) is 6.63. The molecule has 0 atom stereocenters. The fraction of sp³-hybridized carbons (Fsp3) is 0.333. The van der Waals surface area contributed by atoms with Crippen LogP contribution < -0.4 is 11.2 Å². The molecule has 0 bridgehead atoms. The van der Waals surface area contributed by atoms with E-state index in [9.17, 15) is 22.8 Å². The van der Waals surface area contributed by atoms with E-state index in [0.717, 1.165) is 21.3 Å². The van der Waals surface area contributed by atoms with Crippen molar-refractivity contribution in [2.24, 2.45) is 7.05 Å². The van der Waals surface area contributed by atoms with E-state index < -0.39 is 23.0 Å². The predicted molar refractivity (Wildman–Crippen MR) is 81.5 cm³/mol. The molecule has 0 aliphatic rings. The third-order valence-corrected chi connectivity index (χ3v) is 4.07. The molecule has 1 heterocycles. The maximum atomic E-state index is 12.8. The Morgan fingerprint density at radius 1 is 1.09 bits per heavy atom. The van der Waals surface area contributed by atoms with Gasteiger partial charge in [0.05, 0.1) is 16.3 Å². The second-order valence-electron chi connectivity index (χ2n) is 5.31. The molecule has 8 heteroatoms. The predicted octanol–water partition coefficient (Wildman–Crippen LogP) is 3.13. The lowest BCUT2D eigenvalue weighted by atomic mass is 10.1. The number of benzene rings is 1. The van der Waals surface area contributed by atoms with Gasteiger partial charge in [-0.2, -0.15) is 13.2 Å². The van der Waals surface area contributed by atoms with E-state index in [1.807, 2.05) is 0 Å². The number of hydrogen-bond acceptors (Lipinski definition) is 2. The van der Waals surface area contributed by atoms with E-state index in [4.69, 9.17) is 11.6 Å². The third kappa shape index (κ3) is 2.81. The van der Waals surface area contributed by atoms with Gasteiger partial charge in [0.15, 0.2) is 0 Å². The summed E-state index contributed by atoms with van der Waals surface area (Å²) in [4.78, 5) is 24.3. The molecule has 2 rings (SSSR count). The van der Waals surface area contributed by atoms with E-state index >= 15 is 0 Å². The van der Waals surface area contributed by atoms with Gasteiger partial charge in [-0.05, 0) is 38.5 Å². The van der Waals surface area contributed by atoms with Crippen molar-refractivity contribution in [1.29, 1.82) is 0 Å². The van der Waals surface area contributed by atoms with E-state index in [0.29, 0.717) is 11.3 Å². The highest BCUT2D eigenvalue weighted by Crippen LogP contribution is 2.35. The fourth-order valence-corrected chi connectivity index (χ4v) is 2.75. The highest BCUT2D eigenvalue weighted by atomic mass is 35.5. The molecule has 1 aromatic carbocycles. The van der Waals surface area contributed by atoms with Crippen LogP contribution in [0.2, 0.25) is 5.02 Å². The van der Waals surface area contributed by atoms with Gasteiger partial charge in [-0.3, -0.25) is 13.9 Å². The molecule has 0 aliphatic carbocycles. The van der Waals surface area contributed by atoms with Gasteiger partial charge >= 0.3 is 11.9 Å². The van der Waals surface area contributed by atoms with E-state index in [2.05, 4.69) is 0 Å². The van der Waals surface area contributed by atoms with E-state index in [-0.39, 0.29) is 16.3 Å². The number of alkyl halides is 3. The topological polar surface area (TPSA) is 44.0 Å². The van der Waals surface area contributed by atoms with Crippen molar-refractivity contribution < 1.29 is 13.2 Å². The standard InChI is InChI=1S/C15H14ClF3N2O2/c1-7-5-10(15(17,18)19)6-11(16)12(7)21-9(3)8(2)13(22)20(4)14(21)23/h5-6H,1-4H3. The second-order valence-corrected chi connectivity index (χ2v) is 5.72. The van der Waals surface area contributed by atoms with Crippen molar-refractivity contribution in [2.75, 3.05) is 0 Å². The molecule has 4 nitrogen and oxygen atoms in total. The van der Waals surface area contributed by atoms with Gasteiger partial charge in [0, 0.05) is 18.3 Å². The maximum absolute atomic E-state index is 12.8. The summed E-state index contributed by atoms with van der Waals surface area (Å²) < 4.78 is 40.6. The lowest BCUT2D eigenvalue weighted by Crippen LogP contribution is -2.40. The average Bonchev–Trinajstić information content (AvgIpc) is 2.44. The molecule has 124 valence electrons. The normalized spacial score (nSPS) is 11.8. The Kier molecular flexibility index (Phi) is 4.19. The molecular weight excluding hydrogens is 333 g/mol. The Morgan fingerprint density at radius 3 is 2.13 bits per heavy atom. The Labute approximate surface area is 134 Å². The number of halogens is 4. The molecule has 1 aromatic heterocycles. The maximum Gasteiger partial charge on any atom is 0.416 e. The van der Waals surface area contributed by atoms with Crippen molar-refractivity contribution >= 4 is 11.6 Å². The first-order chi connectivity index (χ1) is 10.5. The lowest BCUT2D eigenvalue weighted by molar-refractivity contribution is -0.137. The summed E-state index contributed by atoms with van der Waals surface area (Å²) in [6.45, 7) is 4.52. The van der Waals surface area contributed by atoms with Gasteiger partial charge in [0.1, 0.15) is 0 Å². The summed E-state index contributed by atoms with van der Waals surface area (Å²) >= 11 is 6.02. The summed E-state index contributed by atoms with van der Waals surface area (Å²) in [7, 11) is 1.31.